The second-order valence-electron chi connectivity index (χ2n) is 3.87. The van der Waals surface area contributed by atoms with Crippen molar-refractivity contribution in [1.29, 1.82) is 0 Å². The van der Waals surface area contributed by atoms with E-state index in [0.717, 1.165) is 12.5 Å². The van der Waals surface area contributed by atoms with Gasteiger partial charge < -0.3 is 10.6 Å². The summed E-state index contributed by atoms with van der Waals surface area (Å²) in [7, 11) is 0. The molecule has 1 aliphatic rings. The van der Waals surface area contributed by atoms with E-state index in [0.29, 0.717) is 18.9 Å². The second-order valence-corrected chi connectivity index (χ2v) is 3.87. The van der Waals surface area contributed by atoms with Crippen LogP contribution in [0.1, 0.15) is 12.1 Å². The molecule has 2 heterocycles. The van der Waals surface area contributed by atoms with Crippen LogP contribution in [0.2, 0.25) is 0 Å². The Balaban J connectivity index is 2.23. The van der Waals surface area contributed by atoms with Crippen LogP contribution in [0.25, 0.3) is 0 Å². The Bertz CT molecular complexity index is 378. The SMILES string of the molecule is NC1CCN(c2cccc(C(F)(F)F)n2)C1. The number of hydrogen-bond donors (Lipinski definition) is 1. The number of hydrogen-bond acceptors (Lipinski definition) is 3. The van der Waals surface area contributed by atoms with Crippen LogP contribution in [0.3, 0.4) is 0 Å². The maximum absolute atomic E-state index is 12.4. The molecule has 88 valence electrons. The molecule has 16 heavy (non-hydrogen) atoms. The van der Waals surface area contributed by atoms with Gasteiger partial charge in [0.05, 0.1) is 0 Å². The lowest BCUT2D eigenvalue weighted by molar-refractivity contribution is -0.141. The minimum absolute atomic E-state index is 0.0244. The lowest BCUT2D eigenvalue weighted by atomic mass is 10.3. The minimum Gasteiger partial charge on any atom is -0.355 e. The van der Waals surface area contributed by atoms with Crippen LogP contribution in [-0.4, -0.2) is 24.1 Å². The van der Waals surface area contributed by atoms with E-state index in [1.807, 2.05) is 0 Å². The van der Waals surface area contributed by atoms with E-state index in [4.69, 9.17) is 5.73 Å². The van der Waals surface area contributed by atoms with Crippen LogP contribution >= 0.6 is 0 Å². The standard InChI is InChI=1S/C10H12F3N3/c11-10(12,13)8-2-1-3-9(15-8)16-5-4-7(14)6-16/h1-3,7H,4-6,14H2. The highest BCUT2D eigenvalue weighted by atomic mass is 19.4. The summed E-state index contributed by atoms with van der Waals surface area (Å²) in [4.78, 5) is 5.38. The molecule has 0 aromatic carbocycles. The van der Waals surface area contributed by atoms with Gasteiger partial charge in [-0.25, -0.2) is 4.98 Å². The van der Waals surface area contributed by atoms with Crippen molar-refractivity contribution < 1.29 is 13.2 Å². The third-order valence-electron chi connectivity index (χ3n) is 2.57. The normalized spacial score (nSPS) is 21.5. The third kappa shape index (κ3) is 2.27. The quantitative estimate of drug-likeness (QED) is 0.798. The molecule has 0 aliphatic carbocycles. The van der Waals surface area contributed by atoms with Gasteiger partial charge in [-0.2, -0.15) is 13.2 Å². The number of alkyl halides is 3. The van der Waals surface area contributed by atoms with Crippen molar-refractivity contribution in [2.45, 2.75) is 18.6 Å². The molecule has 1 fully saturated rings. The maximum Gasteiger partial charge on any atom is 0.433 e. The van der Waals surface area contributed by atoms with Crippen molar-refractivity contribution in [2.24, 2.45) is 5.73 Å². The number of pyridine rings is 1. The van der Waals surface area contributed by atoms with Gasteiger partial charge in [-0.1, -0.05) is 6.07 Å². The van der Waals surface area contributed by atoms with Crippen molar-refractivity contribution >= 4 is 5.82 Å². The molecular weight excluding hydrogens is 219 g/mol. The average molecular weight is 231 g/mol. The molecular formula is C10H12F3N3. The highest BCUT2D eigenvalue weighted by Gasteiger charge is 2.33. The van der Waals surface area contributed by atoms with E-state index in [9.17, 15) is 13.2 Å². The fourth-order valence-corrected chi connectivity index (χ4v) is 1.75. The van der Waals surface area contributed by atoms with Crippen molar-refractivity contribution in [2.75, 3.05) is 18.0 Å². The summed E-state index contributed by atoms with van der Waals surface area (Å²) in [5.74, 6) is 0.350. The van der Waals surface area contributed by atoms with Crippen molar-refractivity contribution in [1.82, 2.24) is 4.98 Å². The predicted molar refractivity (Wildman–Crippen MR) is 54.0 cm³/mol. The number of rotatable bonds is 1. The van der Waals surface area contributed by atoms with Crippen molar-refractivity contribution in [3.8, 4) is 0 Å². The van der Waals surface area contributed by atoms with E-state index in [1.165, 1.54) is 6.07 Å². The summed E-state index contributed by atoms with van der Waals surface area (Å²) in [6.07, 6.45) is -3.60. The number of nitrogens with zero attached hydrogens (tertiary/aromatic N) is 2. The second kappa shape index (κ2) is 3.93. The lowest BCUT2D eigenvalue weighted by Crippen LogP contribution is -2.27. The molecule has 1 unspecified atom stereocenters. The number of halogens is 3. The Kier molecular flexibility index (Phi) is 2.75. The topological polar surface area (TPSA) is 42.1 Å². The first-order valence-electron chi connectivity index (χ1n) is 5.01. The van der Waals surface area contributed by atoms with Gasteiger partial charge in [0, 0.05) is 19.1 Å². The van der Waals surface area contributed by atoms with E-state index in [2.05, 4.69) is 4.98 Å². The van der Waals surface area contributed by atoms with Crippen LogP contribution in [0.5, 0.6) is 0 Å². The molecule has 0 bridgehead atoms. The molecule has 1 saturated heterocycles. The summed E-state index contributed by atoms with van der Waals surface area (Å²) < 4.78 is 37.3. The van der Waals surface area contributed by atoms with Gasteiger partial charge in [-0.05, 0) is 18.6 Å². The lowest BCUT2D eigenvalue weighted by Gasteiger charge is -2.17. The molecule has 0 amide bonds. The molecule has 0 saturated carbocycles. The van der Waals surface area contributed by atoms with Gasteiger partial charge in [-0.3, -0.25) is 0 Å². The molecule has 6 heteroatoms. The summed E-state index contributed by atoms with van der Waals surface area (Å²) >= 11 is 0. The van der Waals surface area contributed by atoms with Crippen LogP contribution in [0.15, 0.2) is 18.2 Å². The minimum atomic E-state index is -4.39. The van der Waals surface area contributed by atoms with Gasteiger partial charge in [0.15, 0.2) is 0 Å². The molecule has 2 N–H and O–H groups in total. The smallest absolute Gasteiger partial charge is 0.355 e. The van der Waals surface area contributed by atoms with E-state index >= 15 is 0 Å². The summed E-state index contributed by atoms with van der Waals surface area (Å²) in [6.45, 7) is 1.23. The van der Waals surface area contributed by atoms with Gasteiger partial charge in [-0.15, -0.1) is 0 Å². The first kappa shape index (κ1) is 11.2. The zero-order valence-corrected chi connectivity index (χ0v) is 8.54. The molecule has 2 rings (SSSR count). The van der Waals surface area contributed by atoms with Gasteiger partial charge in [0.2, 0.25) is 0 Å². The molecule has 1 atom stereocenters. The van der Waals surface area contributed by atoms with Crippen LogP contribution in [-0.2, 0) is 6.18 Å². The van der Waals surface area contributed by atoms with Gasteiger partial charge >= 0.3 is 6.18 Å². The third-order valence-corrected chi connectivity index (χ3v) is 2.57. The molecule has 3 nitrogen and oxygen atoms in total. The highest BCUT2D eigenvalue weighted by Crippen LogP contribution is 2.29. The predicted octanol–water partition coefficient (Wildman–Crippen LogP) is 1.64. The highest BCUT2D eigenvalue weighted by molar-refractivity contribution is 5.41. The zero-order chi connectivity index (χ0) is 11.8. The van der Waals surface area contributed by atoms with Gasteiger partial charge in [0.1, 0.15) is 11.5 Å². The summed E-state index contributed by atoms with van der Waals surface area (Å²) in [5, 5.41) is 0. The molecule has 1 aliphatic heterocycles. The van der Waals surface area contributed by atoms with E-state index in [-0.39, 0.29) is 6.04 Å². The maximum atomic E-state index is 12.4. The molecule has 1 aromatic heterocycles. The first-order valence-corrected chi connectivity index (χ1v) is 5.01. The van der Waals surface area contributed by atoms with Crippen molar-refractivity contribution in [3.63, 3.8) is 0 Å². The summed E-state index contributed by atoms with van der Waals surface area (Å²) in [5.41, 5.74) is 4.84. The van der Waals surface area contributed by atoms with Crippen molar-refractivity contribution in [3.05, 3.63) is 23.9 Å². The Hall–Kier alpha value is -1.30. The first-order chi connectivity index (χ1) is 7.47. The zero-order valence-electron chi connectivity index (χ0n) is 8.54. The average Bonchev–Trinajstić information content (AvgIpc) is 2.64. The Morgan fingerprint density at radius 2 is 2.12 bits per heavy atom. The molecule has 0 radical (unpaired) electrons. The monoisotopic (exact) mass is 231 g/mol. The largest absolute Gasteiger partial charge is 0.433 e. The van der Waals surface area contributed by atoms with Gasteiger partial charge in [0.25, 0.3) is 0 Å². The molecule has 0 spiro atoms. The van der Waals surface area contributed by atoms with Crippen LogP contribution in [0, 0.1) is 0 Å². The Morgan fingerprint density at radius 1 is 1.38 bits per heavy atom. The number of aromatic nitrogens is 1. The fraction of sp³-hybridized carbons (Fsp3) is 0.500. The van der Waals surface area contributed by atoms with E-state index < -0.39 is 11.9 Å². The fourth-order valence-electron chi connectivity index (χ4n) is 1.75. The van der Waals surface area contributed by atoms with Crippen LogP contribution in [0.4, 0.5) is 19.0 Å². The Labute approximate surface area is 91.1 Å². The summed E-state index contributed by atoms with van der Waals surface area (Å²) in [6, 6.07) is 3.94. The van der Waals surface area contributed by atoms with E-state index in [1.54, 1.807) is 11.0 Å². The Morgan fingerprint density at radius 3 is 2.69 bits per heavy atom. The number of nitrogens with two attached hydrogens (primary N) is 1. The number of anilines is 1. The van der Waals surface area contributed by atoms with Crippen LogP contribution < -0.4 is 10.6 Å². The molecule has 1 aromatic rings.